The van der Waals surface area contributed by atoms with Gasteiger partial charge in [0.2, 0.25) is 11.8 Å². The van der Waals surface area contributed by atoms with Crippen molar-refractivity contribution in [2.75, 3.05) is 26.7 Å². The molecule has 2 aliphatic heterocycles. The molecule has 2 unspecified atom stereocenters. The van der Waals surface area contributed by atoms with Gasteiger partial charge in [0.1, 0.15) is 5.75 Å². The van der Waals surface area contributed by atoms with Gasteiger partial charge in [-0.1, -0.05) is 25.5 Å². The molecule has 166 valence electrons. The number of unbranched alkanes of at least 4 members (excludes halogenated alkanes) is 1. The zero-order chi connectivity index (χ0) is 21.8. The summed E-state index contributed by atoms with van der Waals surface area (Å²) in [5, 5.41) is 0. The topological polar surface area (TPSA) is 67.7 Å². The van der Waals surface area contributed by atoms with Gasteiger partial charge in [0.25, 0.3) is 0 Å². The van der Waals surface area contributed by atoms with Gasteiger partial charge >= 0.3 is 0 Å². The second-order valence-corrected chi connectivity index (χ2v) is 8.54. The van der Waals surface area contributed by atoms with Crippen molar-refractivity contribution in [2.24, 2.45) is 5.92 Å². The lowest BCUT2D eigenvalue weighted by atomic mass is 9.91. The third-order valence-corrected chi connectivity index (χ3v) is 6.68. The number of hydrogen-bond donors (Lipinski definition) is 0. The summed E-state index contributed by atoms with van der Waals surface area (Å²) in [6.07, 6.45) is 9.71. The van der Waals surface area contributed by atoms with Gasteiger partial charge in [0.15, 0.2) is 0 Å². The van der Waals surface area contributed by atoms with Crippen LogP contribution < -0.4 is 4.74 Å². The lowest BCUT2D eigenvalue weighted by Gasteiger charge is -2.36. The maximum atomic E-state index is 13.6. The molecule has 0 N–H and O–H groups in total. The molecule has 0 saturated carbocycles. The molecule has 2 atom stereocenters. The number of piperidine rings is 1. The summed E-state index contributed by atoms with van der Waals surface area (Å²) in [5.74, 6) is 0.637. The second kappa shape index (κ2) is 9.54. The highest BCUT2D eigenvalue weighted by Crippen LogP contribution is 2.40. The SMILES string of the molecule is CCCCN1C(=O)CC(C(=O)N2CCC(n3ccnc3)CC2)C1c1ccc(OC)cc1. The largest absolute Gasteiger partial charge is 0.497 e. The van der Waals surface area contributed by atoms with E-state index in [0.29, 0.717) is 19.0 Å². The summed E-state index contributed by atoms with van der Waals surface area (Å²) in [6.45, 7) is 4.25. The van der Waals surface area contributed by atoms with E-state index in [-0.39, 0.29) is 23.8 Å². The number of hydrogen-bond acceptors (Lipinski definition) is 4. The number of nitrogens with zero attached hydrogens (tertiary/aromatic N) is 4. The van der Waals surface area contributed by atoms with Crippen molar-refractivity contribution in [3.05, 3.63) is 48.5 Å². The molecule has 0 bridgehead atoms. The monoisotopic (exact) mass is 424 g/mol. The number of carbonyl (C=O) groups excluding carboxylic acids is 2. The van der Waals surface area contributed by atoms with Crippen LogP contribution >= 0.6 is 0 Å². The Kier molecular flexibility index (Phi) is 6.59. The highest BCUT2D eigenvalue weighted by molar-refractivity contribution is 5.90. The number of amides is 2. The van der Waals surface area contributed by atoms with Gasteiger partial charge in [0.05, 0.1) is 25.4 Å². The Balaban J connectivity index is 1.51. The lowest BCUT2D eigenvalue weighted by Crippen LogP contribution is -2.43. The van der Waals surface area contributed by atoms with Crippen molar-refractivity contribution in [3.63, 3.8) is 0 Å². The van der Waals surface area contributed by atoms with Crippen LogP contribution in [0.5, 0.6) is 5.75 Å². The number of imidazole rings is 1. The van der Waals surface area contributed by atoms with Crippen molar-refractivity contribution < 1.29 is 14.3 Å². The minimum absolute atomic E-state index is 0.0842. The molecule has 7 nitrogen and oxygen atoms in total. The molecule has 2 aromatic rings. The van der Waals surface area contributed by atoms with Gasteiger partial charge in [-0.25, -0.2) is 4.98 Å². The Bertz CT molecular complexity index is 873. The molecule has 2 fully saturated rings. The van der Waals surface area contributed by atoms with E-state index < -0.39 is 0 Å². The quantitative estimate of drug-likeness (QED) is 0.683. The molecule has 3 heterocycles. The van der Waals surface area contributed by atoms with Crippen LogP contribution in [0.15, 0.2) is 43.0 Å². The maximum absolute atomic E-state index is 13.6. The van der Waals surface area contributed by atoms with Crippen LogP contribution in [0.2, 0.25) is 0 Å². The minimum Gasteiger partial charge on any atom is -0.497 e. The smallest absolute Gasteiger partial charge is 0.228 e. The fourth-order valence-electron chi connectivity index (χ4n) is 4.92. The van der Waals surface area contributed by atoms with E-state index in [2.05, 4.69) is 16.5 Å². The zero-order valence-electron chi connectivity index (χ0n) is 18.4. The molecule has 4 rings (SSSR count). The second-order valence-electron chi connectivity index (χ2n) is 8.54. The number of carbonyl (C=O) groups is 2. The third-order valence-electron chi connectivity index (χ3n) is 6.68. The zero-order valence-corrected chi connectivity index (χ0v) is 18.4. The van der Waals surface area contributed by atoms with Crippen LogP contribution in [0.3, 0.4) is 0 Å². The first-order valence-corrected chi connectivity index (χ1v) is 11.3. The van der Waals surface area contributed by atoms with E-state index in [1.807, 2.05) is 46.6 Å². The van der Waals surface area contributed by atoms with Crippen molar-refractivity contribution in [2.45, 2.75) is 51.1 Å². The van der Waals surface area contributed by atoms with Crippen LogP contribution in [0.4, 0.5) is 0 Å². The number of likely N-dealkylation sites (tertiary alicyclic amines) is 2. The van der Waals surface area contributed by atoms with Crippen molar-refractivity contribution in [1.29, 1.82) is 0 Å². The molecule has 1 aromatic carbocycles. The minimum atomic E-state index is -0.331. The molecule has 7 heteroatoms. The Morgan fingerprint density at radius 2 is 1.94 bits per heavy atom. The van der Waals surface area contributed by atoms with Crippen molar-refractivity contribution in [3.8, 4) is 5.75 Å². The number of ether oxygens (including phenoxy) is 1. The standard InChI is InChI=1S/C24H32N4O3/c1-3-4-12-28-22(29)16-21(23(28)18-5-7-20(31-2)8-6-18)24(30)26-13-9-19(10-14-26)27-15-11-25-17-27/h5-8,11,15,17,19,21,23H,3-4,9-10,12-14,16H2,1-2H3. The highest BCUT2D eigenvalue weighted by Gasteiger charge is 2.45. The van der Waals surface area contributed by atoms with Crippen LogP contribution in [0.25, 0.3) is 0 Å². The van der Waals surface area contributed by atoms with Gasteiger partial charge in [-0.15, -0.1) is 0 Å². The number of rotatable bonds is 7. The Labute approximate surface area is 184 Å². The summed E-state index contributed by atoms with van der Waals surface area (Å²) < 4.78 is 7.43. The number of methoxy groups -OCH3 is 1. The fourth-order valence-corrected chi connectivity index (χ4v) is 4.92. The summed E-state index contributed by atoms with van der Waals surface area (Å²) in [6, 6.07) is 7.99. The van der Waals surface area contributed by atoms with E-state index in [4.69, 9.17) is 4.74 Å². The molecule has 2 aliphatic rings. The van der Waals surface area contributed by atoms with Gasteiger partial charge in [-0.3, -0.25) is 9.59 Å². The van der Waals surface area contributed by atoms with Crippen LogP contribution in [0, 0.1) is 5.92 Å². The van der Waals surface area contributed by atoms with Crippen molar-refractivity contribution >= 4 is 11.8 Å². The molecule has 2 saturated heterocycles. The molecule has 31 heavy (non-hydrogen) atoms. The average Bonchev–Trinajstić information content (AvgIpc) is 3.46. The first-order chi connectivity index (χ1) is 15.1. The molecule has 0 aliphatic carbocycles. The Hall–Kier alpha value is -2.83. The molecule has 0 radical (unpaired) electrons. The molecule has 0 spiro atoms. The van der Waals surface area contributed by atoms with E-state index in [0.717, 1.165) is 50.1 Å². The third kappa shape index (κ3) is 4.45. The first kappa shape index (κ1) is 21.4. The number of aromatic nitrogens is 2. The molecule has 1 aromatic heterocycles. The van der Waals surface area contributed by atoms with E-state index in [9.17, 15) is 9.59 Å². The van der Waals surface area contributed by atoms with Crippen molar-refractivity contribution in [1.82, 2.24) is 19.4 Å². The molecule has 2 amide bonds. The van der Waals surface area contributed by atoms with Gasteiger partial charge < -0.3 is 19.1 Å². The van der Waals surface area contributed by atoms with Crippen LogP contribution in [-0.2, 0) is 9.59 Å². The molecular formula is C24H32N4O3. The Morgan fingerprint density at radius 3 is 2.55 bits per heavy atom. The summed E-state index contributed by atoms with van der Waals surface area (Å²) >= 11 is 0. The summed E-state index contributed by atoms with van der Waals surface area (Å²) in [5.41, 5.74) is 1.01. The summed E-state index contributed by atoms with van der Waals surface area (Å²) in [4.78, 5) is 34.5. The highest BCUT2D eigenvalue weighted by atomic mass is 16.5. The fraction of sp³-hybridized carbons (Fsp3) is 0.542. The van der Waals surface area contributed by atoms with Crippen LogP contribution in [0.1, 0.15) is 56.7 Å². The lowest BCUT2D eigenvalue weighted by molar-refractivity contribution is -0.138. The normalized spacial score (nSPS) is 22.2. The first-order valence-electron chi connectivity index (χ1n) is 11.3. The predicted molar refractivity (Wildman–Crippen MR) is 118 cm³/mol. The van der Waals surface area contributed by atoms with Gasteiger partial charge in [0, 0.05) is 44.5 Å². The van der Waals surface area contributed by atoms with E-state index in [1.54, 1.807) is 13.3 Å². The van der Waals surface area contributed by atoms with E-state index >= 15 is 0 Å². The average molecular weight is 425 g/mol. The molecular weight excluding hydrogens is 392 g/mol. The van der Waals surface area contributed by atoms with Gasteiger partial charge in [-0.2, -0.15) is 0 Å². The van der Waals surface area contributed by atoms with Gasteiger partial charge in [-0.05, 0) is 37.0 Å². The summed E-state index contributed by atoms with van der Waals surface area (Å²) in [7, 11) is 1.64. The van der Waals surface area contributed by atoms with Crippen LogP contribution in [-0.4, -0.2) is 57.9 Å². The van der Waals surface area contributed by atoms with E-state index in [1.165, 1.54) is 0 Å². The Morgan fingerprint density at radius 1 is 1.19 bits per heavy atom. The number of benzene rings is 1. The predicted octanol–water partition coefficient (Wildman–Crippen LogP) is 3.45. The maximum Gasteiger partial charge on any atom is 0.228 e.